The van der Waals surface area contributed by atoms with Gasteiger partial charge in [-0.05, 0) is 58.9 Å². The molecule has 1 heterocycles. The lowest BCUT2D eigenvalue weighted by molar-refractivity contribution is 0.125. The van der Waals surface area contributed by atoms with Crippen LogP contribution in [0.2, 0.25) is 0 Å². The lowest BCUT2D eigenvalue weighted by Crippen LogP contribution is -2.43. The summed E-state index contributed by atoms with van der Waals surface area (Å²) in [5, 5.41) is 16.5. The van der Waals surface area contributed by atoms with E-state index in [0.717, 1.165) is 11.4 Å². The number of carbonyl (C=O) groups is 1. The summed E-state index contributed by atoms with van der Waals surface area (Å²) in [7, 11) is 0. The molecule has 1 unspecified atom stereocenters. The Balaban J connectivity index is 2.20. The van der Waals surface area contributed by atoms with Crippen LogP contribution in [0.1, 0.15) is 32.2 Å². The molecule has 0 spiro atoms. The minimum Gasteiger partial charge on any atom is -0.392 e. The number of nitrogens with one attached hydrogen (secondary N) is 1. The first-order valence-electron chi connectivity index (χ1n) is 8.28. The Kier molecular flexibility index (Phi) is 5.79. The maximum atomic E-state index is 14.5. The van der Waals surface area contributed by atoms with E-state index < -0.39 is 11.9 Å². The molecule has 0 fully saturated rings. The number of carbonyl (C=O) groups excluding carboxylic acids is 1. The lowest BCUT2D eigenvalue weighted by atomic mass is 10.2. The van der Waals surface area contributed by atoms with E-state index in [1.165, 1.54) is 15.6 Å². The molecule has 0 saturated heterocycles. The Morgan fingerprint density at radius 1 is 1.32 bits per heavy atom. The van der Waals surface area contributed by atoms with Gasteiger partial charge < -0.3 is 15.3 Å². The highest BCUT2D eigenvalue weighted by Gasteiger charge is 2.19. The molecule has 7 heteroatoms. The second-order valence-corrected chi connectivity index (χ2v) is 6.53. The molecule has 0 aliphatic heterocycles. The van der Waals surface area contributed by atoms with Gasteiger partial charge >= 0.3 is 6.03 Å². The monoisotopic (exact) mass is 348 g/mol. The van der Waals surface area contributed by atoms with E-state index in [1.54, 1.807) is 19.1 Å². The smallest absolute Gasteiger partial charge is 0.322 e. The number of nitrogens with zero attached hydrogens (tertiary/aromatic N) is 3. The molecule has 0 saturated carbocycles. The molecule has 0 radical (unpaired) electrons. The Morgan fingerprint density at radius 3 is 2.48 bits per heavy atom. The first-order chi connectivity index (χ1) is 11.7. The minimum atomic E-state index is -0.640. The maximum absolute atomic E-state index is 14.5. The molecule has 2 N–H and O–H groups in total. The average Bonchev–Trinajstić information content (AvgIpc) is 2.83. The van der Waals surface area contributed by atoms with Crippen molar-refractivity contribution in [3.05, 3.63) is 41.5 Å². The quantitative estimate of drug-likeness (QED) is 0.871. The third-order valence-corrected chi connectivity index (χ3v) is 3.78. The normalized spacial score (nSPS) is 12.3. The molecule has 1 aromatic carbocycles. The van der Waals surface area contributed by atoms with E-state index in [-0.39, 0.29) is 18.6 Å². The first kappa shape index (κ1) is 18.9. The second-order valence-electron chi connectivity index (χ2n) is 6.53. The zero-order valence-electron chi connectivity index (χ0n) is 15.2. The van der Waals surface area contributed by atoms with Gasteiger partial charge in [0.15, 0.2) is 5.82 Å². The Labute approximate surface area is 147 Å². The SMILES string of the molecule is Cc1cc(C)n(-c2ccc(NC(=O)N(CC(C)O)C(C)C)cc2F)n1. The topological polar surface area (TPSA) is 70.4 Å². The molecule has 6 nitrogen and oxygen atoms in total. The molecule has 0 aliphatic carbocycles. The zero-order valence-corrected chi connectivity index (χ0v) is 15.2. The van der Waals surface area contributed by atoms with Crippen molar-refractivity contribution in [1.29, 1.82) is 0 Å². The Bertz CT molecular complexity index is 756. The summed E-state index contributed by atoms with van der Waals surface area (Å²) in [5.74, 6) is -0.476. The third kappa shape index (κ3) is 4.57. The van der Waals surface area contributed by atoms with Gasteiger partial charge in [0.25, 0.3) is 0 Å². The molecule has 136 valence electrons. The fraction of sp³-hybridized carbons (Fsp3) is 0.444. The van der Waals surface area contributed by atoms with Gasteiger partial charge in [-0.2, -0.15) is 5.10 Å². The van der Waals surface area contributed by atoms with E-state index in [1.807, 2.05) is 33.8 Å². The fourth-order valence-electron chi connectivity index (χ4n) is 2.64. The van der Waals surface area contributed by atoms with Crippen LogP contribution in [0.3, 0.4) is 0 Å². The van der Waals surface area contributed by atoms with Gasteiger partial charge in [0.1, 0.15) is 5.69 Å². The molecule has 2 rings (SSSR count). The number of anilines is 1. The van der Waals surface area contributed by atoms with Crippen LogP contribution >= 0.6 is 0 Å². The van der Waals surface area contributed by atoms with Gasteiger partial charge in [-0.15, -0.1) is 0 Å². The molecule has 1 atom stereocenters. The van der Waals surface area contributed by atoms with Crippen molar-refractivity contribution in [3.8, 4) is 5.69 Å². The summed E-state index contributed by atoms with van der Waals surface area (Å²) in [6, 6.07) is 5.88. The molecule has 0 bridgehead atoms. The Hall–Kier alpha value is -2.41. The molecule has 0 aliphatic rings. The van der Waals surface area contributed by atoms with E-state index in [9.17, 15) is 14.3 Å². The second kappa shape index (κ2) is 7.65. The zero-order chi connectivity index (χ0) is 18.7. The number of urea groups is 1. The number of aromatic nitrogens is 2. The molecular weight excluding hydrogens is 323 g/mol. The number of aliphatic hydroxyl groups excluding tert-OH is 1. The number of benzene rings is 1. The van der Waals surface area contributed by atoms with Crippen LogP contribution < -0.4 is 5.32 Å². The van der Waals surface area contributed by atoms with Crippen molar-refractivity contribution in [2.75, 3.05) is 11.9 Å². The van der Waals surface area contributed by atoms with Crippen LogP contribution in [-0.4, -0.2) is 44.5 Å². The summed E-state index contributed by atoms with van der Waals surface area (Å²) in [5.41, 5.74) is 2.31. The summed E-state index contributed by atoms with van der Waals surface area (Å²) >= 11 is 0. The number of amides is 2. The summed E-state index contributed by atoms with van der Waals surface area (Å²) in [6.07, 6.45) is -0.640. The highest BCUT2D eigenvalue weighted by atomic mass is 19.1. The van der Waals surface area contributed by atoms with Crippen LogP contribution in [-0.2, 0) is 0 Å². The maximum Gasteiger partial charge on any atom is 0.322 e. The predicted molar refractivity (Wildman–Crippen MR) is 95.5 cm³/mol. The van der Waals surface area contributed by atoms with Crippen molar-refractivity contribution >= 4 is 11.7 Å². The summed E-state index contributed by atoms with van der Waals surface area (Å²) < 4.78 is 16.0. The third-order valence-electron chi connectivity index (χ3n) is 3.78. The van der Waals surface area contributed by atoms with Crippen LogP contribution in [0.25, 0.3) is 5.69 Å². The molecular formula is C18H25FN4O2. The van der Waals surface area contributed by atoms with Crippen LogP contribution in [0.5, 0.6) is 0 Å². The molecule has 1 aromatic heterocycles. The standard InChI is InChI=1S/C18H25FN4O2/c1-11(2)22(10-14(5)24)18(25)20-15-6-7-17(16(19)9-15)23-13(4)8-12(3)21-23/h6-9,11,14,24H,10H2,1-5H3,(H,20,25). The highest BCUT2D eigenvalue weighted by Crippen LogP contribution is 2.20. The highest BCUT2D eigenvalue weighted by molar-refractivity contribution is 5.89. The molecule has 25 heavy (non-hydrogen) atoms. The number of aryl methyl sites for hydroxylation is 2. The van der Waals surface area contributed by atoms with Crippen molar-refractivity contribution in [1.82, 2.24) is 14.7 Å². The lowest BCUT2D eigenvalue weighted by Gasteiger charge is -2.28. The summed E-state index contributed by atoms with van der Waals surface area (Å²) in [4.78, 5) is 13.9. The van der Waals surface area contributed by atoms with Crippen molar-refractivity contribution in [2.24, 2.45) is 0 Å². The van der Waals surface area contributed by atoms with Gasteiger partial charge in [-0.25, -0.2) is 13.9 Å². The minimum absolute atomic E-state index is 0.0894. The number of hydrogen-bond acceptors (Lipinski definition) is 3. The predicted octanol–water partition coefficient (Wildman–Crippen LogP) is 3.25. The van der Waals surface area contributed by atoms with E-state index >= 15 is 0 Å². The van der Waals surface area contributed by atoms with E-state index in [4.69, 9.17) is 0 Å². The van der Waals surface area contributed by atoms with Gasteiger partial charge in [0.2, 0.25) is 0 Å². The van der Waals surface area contributed by atoms with Crippen LogP contribution in [0.15, 0.2) is 24.3 Å². The number of hydrogen-bond donors (Lipinski definition) is 2. The number of aliphatic hydroxyl groups is 1. The average molecular weight is 348 g/mol. The van der Waals surface area contributed by atoms with Crippen molar-refractivity contribution in [2.45, 2.75) is 46.8 Å². The first-order valence-corrected chi connectivity index (χ1v) is 8.28. The van der Waals surface area contributed by atoms with E-state index in [2.05, 4.69) is 10.4 Å². The number of rotatable bonds is 5. The Morgan fingerprint density at radius 2 is 2.00 bits per heavy atom. The van der Waals surface area contributed by atoms with Gasteiger partial charge in [-0.1, -0.05) is 0 Å². The number of halogens is 1. The van der Waals surface area contributed by atoms with Crippen molar-refractivity contribution < 1.29 is 14.3 Å². The largest absolute Gasteiger partial charge is 0.392 e. The molecule has 2 aromatic rings. The molecule has 2 amide bonds. The van der Waals surface area contributed by atoms with Crippen molar-refractivity contribution in [3.63, 3.8) is 0 Å². The van der Waals surface area contributed by atoms with Gasteiger partial charge in [0.05, 0.1) is 11.8 Å². The van der Waals surface area contributed by atoms with E-state index in [0.29, 0.717) is 11.4 Å². The van der Waals surface area contributed by atoms with Crippen LogP contribution in [0.4, 0.5) is 14.9 Å². The summed E-state index contributed by atoms with van der Waals surface area (Å²) in [6.45, 7) is 9.23. The van der Waals surface area contributed by atoms with Crippen LogP contribution in [0, 0.1) is 19.7 Å². The van der Waals surface area contributed by atoms with Gasteiger partial charge in [-0.3, -0.25) is 0 Å². The fourth-order valence-corrected chi connectivity index (χ4v) is 2.64. The van der Waals surface area contributed by atoms with Gasteiger partial charge in [0, 0.05) is 24.0 Å².